The van der Waals surface area contributed by atoms with Gasteiger partial charge >= 0.3 is 0 Å². The van der Waals surface area contributed by atoms with Crippen LogP contribution in [0.5, 0.6) is 0 Å². The minimum absolute atomic E-state index is 0.806. The first-order chi connectivity index (χ1) is 5.29. The summed E-state index contributed by atoms with van der Waals surface area (Å²) >= 11 is 0. The summed E-state index contributed by atoms with van der Waals surface area (Å²) in [6, 6.07) is 0. The Morgan fingerprint density at radius 1 is 1.27 bits per heavy atom. The Morgan fingerprint density at radius 3 is 2.82 bits per heavy atom. The third-order valence-corrected chi connectivity index (χ3v) is 9.96. The van der Waals surface area contributed by atoms with Gasteiger partial charge in [0.25, 0.3) is 0 Å². The van der Waals surface area contributed by atoms with Gasteiger partial charge in [-0.25, -0.2) is 0 Å². The molecule has 0 aromatic heterocycles. The Labute approximate surface area is 88.4 Å². The van der Waals surface area contributed by atoms with E-state index in [1.165, 1.54) is 11.5 Å². The fraction of sp³-hybridized carbons (Fsp3) is 1.00. The summed E-state index contributed by atoms with van der Waals surface area (Å²) in [6.07, 6.45) is 1.34. The third-order valence-electron chi connectivity index (χ3n) is 1.13. The predicted molar refractivity (Wildman–Crippen MR) is 66.1 cm³/mol. The van der Waals surface area contributed by atoms with E-state index in [0.717, 1.165) is 10.5 Å². The number of hydrogen-bond acceptors (Lipinski definition) is 5. The molecule has 11 heavy (non-hydrogen) atoms. The molecule has 0 amide bonds. The quantitative estimate of drug-likeness (QED) is 0.641. The first-order valence-electron chi connectivity index (χ1n) is 3.52. The van der Waals surface area contributed by atoms with Gasteiger partial charge in [-0.1, -0.05) is 57.0 Å². The fourth-order valence-electron chi connectivity index (χ4n) is 0.694. The van der Waals surface area contributed by atoms with Gasteiger partial charge in [0.1, 0.15) is 0 Å². The summed E-state index contributed by atoms with van der Waals surface area (Å²) in [5.41, 5.74) is 0. The SMILES string of the molecule is CC(C)CC1SSCSSS1. The molecule has 0 nitrogen and oxygen atoms in total. The van der Waals surface area contributed by atoms with Crippen molar-refractivity contribution in [3.63, 3.8) is 0 Å². The van der Waals surface area contributed by atoms with E-state index < -0.39 is 0 Å². The van der Waals surface area contributed by atoms with Crippen LogP contribution in [0, 0.1) is 5.92 Å². The minimum Gasteiger partial charge on any atom is -0.0811 e. The van der Waals surface area contributed by atoms with Crippen molar-refractivity contribution in [3.8, 4) is 0 Å². The second kappa shape index (κ2) is 6.24. The lowest BCUT2D eigenvalue weighted by Crippen LogP contribution is -1.98. The maximum atomic E-state index is 2.30. The summed E-state index contributed by atoms with van der Waals surface area (Å²) in [4.78, 5) is 0. The molecule has 1 atom stereocenters. The van der Waals surface area contributed by atoms with Gasteiger partial charge in [0.15, 0.2) is 0 Å². The minimum atomic E-state index is 0.806. The smallest absolute Gasteiger partial charge is 0.0720 e. The summed E-state index contributed by atoms with van der Waals surface area (Å²) in [7, 11) is 10.0. The maximum Gasteiger partial charge on any atom is 0.0720 e. The van der Waals surface area contributed by atoms with Crippen LogP contribution in [-0.2, 0) is 0 Å². The van der Waals surface area contributed by atoms with Crippen LogP contribution < -0.4 is 0 Å². The van der Waals surface area contributed by atoms with Crippen molar-refractivity contribution >= 4 is 53.0 Å². The fourth-order valence-corrected chi connectivity index (χ4v) is 11.1. The molecule has 1 aliphatic heterocycles. The average Bonchev–Trinajstić information content (AvgIpc) is 2.14. The Bertz CT molecular complexity index is 97.1. The van der Waals surface area contributed by atoms with Crippen molar-refractivity contribution in [1.29, 1.82) is 0 Å². The molecule has 1 saturated heterocycles. The van der Waals surface area contributed by atoms with E-state index in [2.05, 4.69) is 24.6 Å². The highest BCUT2D eigenvalue weighted by atomic mass is 33.5. The molecule has 1 unspecified atom stereocenters. The van der Waals surface area contributed by atoms with E-state index in [4.69, 9.17) is 0 Å². The van der Waals surface area contributed by atoms with E-state index >= 15 is 0 Å². The molecular formula is C6H12S5. The standard InChI is InChI=1S/C6H12S5/c1-5(2)3-6-9-7-4-8-11-10-6/h5-6H,3-4H2,1-2H3. The topological polar surface area (TPSA) is 0 Å². The van der Waals surface area contributed by atoms with Gasteiger partial charge in [-0.3, -0.25) is 0 Å². The van der Waals surface area contributed by atoms with Crippen molar-refractivity contribution in [1.82, 2.24) is 0 Å². The molecule has 0 N–H and O–H groups in total. The van der Waals surface area contributed by atoms with Gasteiger partial charge in [0.2, 0.25) is 0 Å². The summed E-state index contributed by atoms with van der Waals surface area (Å²) in [5.74, 6) is 0.837. The van der Waals surface area contributed by atoms with Crippen LogP contribution in [-0.4, -0.2) is 9.67 Å². The van der Waals surface area contributed by atoms with E-state index in [9.17, 15) is 0 Å². The molecule has 1 fully saturated rings. The molecule has 0 radical (unpaired) electrons. The van der Waals surface area contributed by atoms with Crippen LogP contribution in [0.4, 0.5) is 0 Å². The zero-order chi connectivity index (χ0) is 8.10. The Hall–Kier alpha value is 1.75. The van der Waals surface area contributed by atoms with Crippen LogP contribution in [0.15, 0.2) is 0 Å². The molecule has 0 spiro atoms. The van der Waals surface area contributed by atoms with Gasteiger partial charge in [-0.05, 0) is 22.2 Å². The molecule has 0 aromatic rings. The van der Waals surface area contributed by atoms with Crippen molar-refractivity contribution in [2.75, 3.05) is 5.08 Å². The number of rotatable bonds is 2. The lowest BCUT2D eigenvalue weighted by molar-refractivity contribution is 0.621. The van der Waals surface area contributed by atoms with Crippen molar-refractivity contribution in [2.45, 2.75) is 24.9 Å². The van der Waals surface area contributed by atoms with E-state index in [0.29, 0.717) is 0 Å². The third kappa shape index (κ3) is 5.13. The van der Waals surface area contributed by atoms with Crippen LogP contribution in [0.1, 0.15) is 20.3 Å². The molecule has 0 saturated carbocycles. The summed E-state index contributed by atoms with van der Waals surface area (Å²) in [5, 5.41) is 1.23. The highest BCUT2D eigenvalue weighted by Crippen LogP contribution is 2.53. The molecule has 1 heterocycles. The molecule has 0 bridgehead atoms. The van der Waals surface area contributed by atoms with E-state index in [1.807, 2.05) is 42.2 Å². The molecule has 66 valence electrons. The Balaban J connectivity index is 2.20. The Kier molecular flexibility index (Phi) is 6.14. The van der Waals surface area contributed by atoms with Gasteiger partial charge < -0.3 is 0 Å². The largest absolute Gasteiger partial charge is 0.0811 e. The normalized spacial score (nSPS) is 27.0. The monoisotopic (exact) mass is 244 g/mol. The second-order valence-electron chi connectivity index (χ2n) is 2.67. The van der Waals surface area contributed by atoms with Crippen molar-refractivity contribution < 1.29 is 0 Å². The second-order valence-corrected chi connectivity index (χ2v) is 10.2. The highest BCUT2D eigenvalue weighted by molar-refractivity contribution is 9.13. The predicted octanol–water partition coefficient (Wildman–Crippen LogP) is 4.74. The van der Waals surface area contributed by atoms with Gasteiger partial charge in [-0.2, -0.15) is 0 Å². The van der Waals surface area contributed by atoms with Gasteiger partial charge in [0, 0.05) is 0 Å². The molecule has 1 rings (SSSR count). The van der Waals surface area contributed by atoms with Crippen LogP contribution >= 0.6 is 53.0 Å². The zero-order valence-corrected chi connectivity index (χ0v) is 10.7. The first-order valence-corrected chi connectivity index (χ1v) is 9.62. The van der Waals surface area contributed by atoms with Crippen LogP contribution in [0.3, 0.4) is 0 Å². The average molecular weight is 244 g/mol. The molecule has 0 aromatic carbocycles. The van der Waals surface area contributed by atoms with Crippen molar-refractivity contribution in [3.05, 3.63) is 0 Å². The van der Waals surface area contributed by atoms with Gasteiger partial charge in [0.05, 0.1) is 9.67 Å². The molecule has 5 heteroatoms. The van der Waals surface area contributed by atoms with E-state index in [-0.39, 0.29) is 0 Å². The van der Waals surface area contributed by atoms with Crippen LogP contribution in [0.25, 0.3) is 0 Å². The number of hydrogen-bond donors (Lipinski definition) is 0. The molecular weight excluding hydrogens is 232 g/mol. The first kappa shape index (κ1) is 10.8. The summed E-state index contributed by atoms with van der Waals surface area (Å²) in [6.45, 7) is 4.60. The Morgan fingerprint density at radius 2 is 2.09 bits per heavy atom. The zero-order valence-electron chi connectivity index (χ0n) is 6.61. The highest BCUT2D eigenvalue weighted by Gasteiger charge is 2.15. The van der Waals surface area contributed by atoms with E-state index in [1.54, 1.807) is 0 Å². The lowest BCUT2D eigenvalue weighted by Gasteiger charge is -2.12. The van der Waals surface area contributed by atoms with Crippen molar-refractivity contribution in [2.24, 2.45) is 5.92 Å². The maximum absolute atomic E-state index is 2.30. The van der Waals surface area contributed by atoms with Gasteiger partial charge in [-0.15, -0.1) is 0 Å². The summed E-state index contributed by atoms with van der Waals surface area (Å²) < 4.78 is 0.806. The lowest BCUT2D eigenvalue weighted by atomic mass is 10.2. The molecule has 1 aliphatic rings. The molecule has 0 aliphatic carbocycles. The van der Waals surface area contributed by atoms with Crippen LogP contribution in [0.2, 0.25) is 0 Å².